The lowest BCUT2D eigenvalue weighted by Crippen LogP contribution is -2.06. The number of pyridine rings is 1. The first-order valence-corrected chi connectivity index (χ1v) is 4.54. The van der Waals surface area contributed by atoms with E-state index in [1.807, 2.05) is 12.1 Å². The van der Waals surface area contributed by atoms with Crippen LogP contribution in [0, 0.1) is 6.92 Å². The Morgan fingerprint density at radius 3 is 2.36 bits per heavy atom. The first-order valence-electron chi connectivity index (χ1n) is 4.54. The minimum absolute atomic E-state index is 0.558. The van der Waals surface area contributed by atoms with Crippen LogP contribution in [0.15, 0.2) is 42.6 Å². The second-order valence-corrected chi connectivity index (χ2v) is 3.34. The summed E-state index contributed by atoms with van der Waals surface area (Å²) < 4.78 is 0. The molecule has 14 heavy (non-hydrogen) atoms. The van der Waals surface area contributed by atoms with Gasteiger partial charge in [0.1, 0.15) is 7.85 Å². The zero-order valence-corrected chi connectivity index (χ0v) is 8.07. The summed E-state index contributed by atoms with van der Waals surface area (Å²) in [7, 11) is 5.61. The lowest BCUT2D eigenvalue weighted by Gasteiger charge is -2.02. The van der Waals surface area contributed by atoms with Crippen molar-refractivity contribution in [3.05, 3.63) is 48.2 Å². The highest BCUT2D eigenvalue weighted by Crippen LogP contribution is 2.17. The molecule has 0 atom stereocenters. The van der Waals surface area contributed by atoms with Gasteiger partial charge in [0, 0.05) is 6.20 Å². The fourth-order valence-corrected chi connectivity index (χ4v) is 1.37. The fraction of sp³-hybridized carbons (Fsp3) is 0.0833. The standard InChI is InChI=1S/C12H10BN/c1-9-2-4-10(5-3-9)11-6-7-14-12(13)8-11/h2-8H,1H3. The molecule has 1 aromatic heterocycles. The van der Waals surface area contributed by atoms with Crippen LogP contribution in [0.4, 0.5) is 0 Å². The number of hydrogen-bond donors (Lipinski definition) is 0. The maximum absolute atomic E-state index is 5.61. The molecule has 0 amide bonds. The van der Waals surface area contributed by atoms with E-state index in [1.54, 1.807) is 6.20 Å². The van der Waals surface area contributed by atoms with Gasteiger partial charge in [-0.1, -0.05) is 29.8 Å². The van der Waals surface area contributed by atoms with Gasteiger partial charge in [0.25, 0.3) is 0 Å². The molecule has 2 aromatic rings. The highest BCUT2D eigenvalue weighted by molar-refractivity contribution is 6.30. The molecule has 0 saturated heterocycles. The Balaban J connectivity index is 2.44. The first-order chi connectivity index (χ1) is 6.75. The summed E-state index contributed by atoms with van der Waals surface area (Å²) in [6.07, 6.45) is 1.73. The van der Waals surface area contributed by atoms with Crippen molar-refractivity contribution in [2.24, 2.45) is 0 Å². The zero-order valence-electron chi connectivity index (χ0n) is 8.07. The van der Waals surface area contributed by atoms with E-state index < -0.39 is 0 Å². The molecule has 2 heteroatoms. The number of aromatic nitrogens is 1. The molecule has 0 saturated carbocycles. The maximum Gasteiger partial charge on any atom is 0.141 e. The number of hydrogen-bond acceptors (Lipinski definition) is 1. The normalized spacial score (nSPS) is 10.1. The molecule has 0 aliphatic heterocycles. The van der Waals surface area contributed by atoms with Gasteiger partial charge in [-0.25, -0.2) is 0 Å². The van der Waals surface area contributed by atoms with Gasteiger partial charge in [0.05, 0.1) is 0 Å². The van der Waals surface area contributed by atoms with Crippen molar-refractivity contribution in [2.75, 3.05) is 0 Å². The first kappa shape index (κ1) is 9.01. The van der Waals surface area contributed by atoms with Crippen molar-refractivity contribution in [2.45, 2.75) is 6.92 Å². The van der Waals surface area contributed by atoms with E-state index in [4.69, 9.17) is 7.85 Å². The molecule has 2 radical (unpaired) electrons. The van der Waals surface area contributed by atoms with Crippen LogP contribution < -0.4 is 5.59 Å². The number of benzene rings is 1. The summed E-state index contributed by atoms with van der Waals surface area (Å²) in [5.74, 6) is 0. The van der Waals surface area contributed by atoms with Crippen LogP contribution in [0.25, 0.3) is 11.1 Å². The van der Waals surface area contributed by atoms with Crippen LogP contribution in [-0.4, -0.2) is 12.8 Å². The van der Waals surface area contributed by atoms with Gasteiger partial charge < -0.3 is 0 Å². The largest absolute Gasteiger partial charge is 0.273 e. The number of nitrogens with zero attached hydrogens (tertiary/aromatic N) is 1. The summed E-state index contributed by atoms with van der Waals surface area (Å²) in [6.45, 7) is 2.07. The molecule has 1 aromatic carbocycles. The van der Waals surface area contributed by atoms with Crippen molar-refractivity contribution in [1.29, 1.82) is 0 Å². The summed E-state index contributed by atoms with van der Waals surface area (Å²) in [4.78, 5) is 3.96. The van der Waals surface area contributed by atoms with Crippen molar-refractivity contribution >= 4 is 13.4 Å². The second kappa shape index (κ2) is 3.66. The number of rotatable bonds is 1. The predicted octanol–water partition coefficient (Wildman–Crippen LogP) is 1.85. The average Bonchev–Trinajstić information content (AvgIpc) is 2.19. The molecule has 0 fully saturated rings. The van der Waals surface area contributed by atoms with Gasteiger partial charge in [-0.3, -0.25) is 4.98 Å². The van der Waals surface area contributed by atoms with E-state index in [0.29, 0.717) is 5.59 Å². The van der Waals surface area contributed by atoms with Crippen LogP contribution in [0.3, 0.4) is 0 Å². The van der Waals surface area contributed by atoms with Crippen LogP contribution in [0.1, 0.15) is 5.56 Å². The third-order valence-corrected chi connectivity index (χ3v) is 2.17. The highest BCUT2D eigenvalue weighted by atomic mass is 14.6. The van der Waals surface area contributed by atoms with Crippen molar-refractivity contribution < 1.29 is 0 Å². The van der Waals surface area contributed by atoms with E-state index in [9.17, 15) is 0 Å². The number of aryl methyl sites for hydroxylation is 1. The molecule has 0 unspecified atom stereocenters. The highest BCUT2D eigenvalue weighted by Gasteiger charge is 1.96. The smallest absolute Gasteiger partial charge is 0.141 e. The maximum atomic E-state index is 5.61. The molecule has 0 N–H and O–H groups in total. The molecule has 1 nitrogen and oxygen atoms in total. The third kappa shape index (κ3) is 1.85. The Bertz CT molecular complexity index is 434. The molecule has 0 aliphatic rings. The predicted molar refractivity (Wildman–Crippen MR) is 59.8 cm³/mol. The fourth-order valence-electron chi connectivity index (χ4n) is 1.37. The Kier molecular flexibility index (Phi) is 2.36. The molecular weight excluding hydrogens is 169 g/mol. The quantitative estimate of drug-likeness (QED) is 0.608. The van der Waals surface area contributed by atoms with E-state index in [0.717, 1.165) is 5.56 Å². The lowest BCUT2D eigenvalue weighted by molar-refractivity contribution is 1.38. The molecule has 1 heterocycles. The van der Waals surface area contributed by atoms with Crippen LogP contribution in [0.2, 0.25) is 0 Å². The minimum Gasteiger partial charge on any atom is -0.273 e. The van der Waals surface area contributed by atoms with Crippen LogP contribution >= 0.6 is 0 Å². The zero-order chi connectivity index (χ0) is 9.97. The van der Waals surface area contributed by atoms with Gasteiger partial charge in [0.15, 0.2) is 0 Å². The lowest BCUT2D eigenvalue weighted by atomic mass is 9.98. The van der Waals surface area contributed by atoms with Gasteiger partial charge in [0.2, 0.25) is 0 Å². The average molecular weight is 179 g/mol. The Morgan fingerprint density at radius 2 is 1.71 bits per heavy atom. The second-order valence-electron chi connectivity index (χ2n) is 3.34. The Morgan fingerprint density at radius 1 is 1.00 bits per heavy atom. The third-order valence-electron chi connectivity index (χ3n) is 2.17. The van der Waals surface area contributed by atoms with Gasteiger partial charge >= 0.3 is 0 Å². The minimum atomic E-state index is 0.558. The van der Waals surface area contributed by atoms with Crippen molar-refractivity contribution in [3.63, 3.8) is 0 Å². The van der Waals surface area contributed by atoms with E-state index >= 15 is 0 Å². The monoisotopic (exact) mass is 179 g/mol. The molecular formula is C12H10BN. The molecule has 0 spiro atoms. The molecule has 0 bridgehead atoms. The topological polar surface area (TPSA) is 12.9 Å². The van der Waals surface area contributed by atoms with Gasteiger partial charge in [-0.2, -0.15) is 0 Å². The van der Waals surface area contributed by atoms with E-state index in [-0.39, 0.29) is 0 Å². The van der Waals surface area contributed by atoms with Gasteiger partial charge in [-0.15, -0.1) is 0 Å². The van der Waals surface area contributed by atoms with Crippen molar-refractivity contribution in [3.8, 4) is 11.1 Å². The molecule has 0 aliphatic carbocycles. The van der Waals surface area contributed by atoms with E-state index in [1.165, 1.54) is 11.1 Å². The molecule has 66 valence electrons. The summed E-state index contributed by atoms with van der Waals surface area (Å²) >= 11 is 0. The summed E-state index contributed by atoms with van der Waals surface area (Å²) in [5.41, 5.74) is 4.10. The Labute approximate surface area is 85.2 Å². The Hall–Kier alpha value is -1.57. The van der Waals surface area contributed by atoms with E-state index in [2.05, 4.69) is 36.2 Å². The summed E-state index contributed by atoms with van der Waals surface area (Å²) in [6, 6.07) is 12.2. The van der Waals surface area contributed by atoms with Crippen LogP contribution in [-0.2, 0) is 0 Å². The SMILES string of the molecule is [B]c1cc(-c2ccc(C)cc2)ccn1. The van der Waals surface area contributed by atoms with Crippen LogP contribution in [0.5, 0.6) is 0 Å². The van der Waals surface area contributed by atoms with Gasteiger partial charge in [-0.05, 0) is 35.8 Å². The van der Waals surface area contributed by atoms with Crippen molar-refractivity contribution in [1.82, 2.24) is 4.98 Å². The summed E-state index contributed by atoms with van der Waals surface area (Å²) in [5, 5.41) is 0. The molecule has 2 rings (SSSR count).